The number of para-hydroxylation sites is 2. The van der Waals surface area contributed by atoms with Crippen LogP contribution < -0.4 is 0 Å². The van der Waals surface area contributed by atoms with Gasteiger partial charge in [-0.15, -0.1) is 0 Å². The molecule has 22 heavy (non-hydrogen) atoms. The van der Waals surface area contributed by atoms with Gasteiger partial charge in [-0.1, -0.05) is 12.1 Å². The first-order valence-corrected chi connectivity index (χ1v) is 6.46. The summed E-state index contributed by atoms with van der Waals surface area (Å²) in [5.41, 5.74) is -0.607. The third kappa shape index (κ3) is 3.22. The summed E-state index contributed by atoms with van der Waals surface area (Å²) in [4.78, 5) is 15.9. The van der Waals surface area contributed by atoms with Crippen LogP contribution in [0.5, 0.6) is 0 Å². The number of rotatable bonds is 1. The lowest BCUT2D eigenvalue weighted by Gasteiger charge is -2.21. The van der Waals surface area contributed by atoms with E-state index in [1.54, 1.807) is 32.9 Å². The molecule has 1 aromatic heterocycles. The molecule has 0 spiro atoms. The number of imidazole rings is 1. The first-order chi connectivity index (χ1) is 10.0. The maximum absolute atomic E-state index is 12.8. The number of hydrogen-bond donors (Lipinski definition) is 1. The number of ether oxygens (including phenoxy) is 1. The molecule has 1 atom stereocenters. The van der Waals surface area contributed by atoms with Gasteiger partial charge in [-0.25, -0.2) is 14.3 Å². The van der Waals surface area contributed by atoms with Gasteiger partial charge in [-0.05, 0) is 32.9 Å². The summed E-state index contributed by atoms with van der Waals surface area (Å²) in [7, 11) is 0. The van der Waals surface area contributed by atoms with Gasteiger partial charge in [0.2, 0.25) is 6.10 Å². The second kappa shape index (κ2) is 5.28. The number of halogens is 3. The standard InChI is InChI=1S/C14H15F3N2O3/c1-13(2,3)22-12(21)19-9-7-5-4-6-8(9)18-11(19)10(20)14(15,16)17/h4-7,10,20H,1-3H3. The molecule has 5 nitrogen and oxygen atoms in total. The molecule has 8 heteroatoms. The van der Waals surface area contributed by atoms with E-state index in [1.807, 2.05) is 0 Å². The lowest BCUT2D eigenvalue weighted by atomic mass is 10.2. The predicted octanol–water partition coefficient (Wildman–Crippen LogP) is 3.42. The first-order valence-electron chi connectivity index (χ1n) is 6.46. The number of aliphatic hydroxyl groups is 1. The van der Waals surface area contributed by atoms with Crippen LogP contribution >= 0.6 is 0 Å². The monoisotopic (exact) mass is 316 g/mol. The van der Waals surface area contributed by atoms with Gasteiger partial charge in [0.1, 0.15) is 5.60 Å². The molecule has 0 saturated heterocycles. The Morgan fingerprint density at radius 1 is 1.27 bits per heavy atom. The van der Waals surface area contributed by atoms with Crippen LogP contribution in [0.2, 0.25) is 0 Å². The molecule has 0 amide bonds. The van der Waals surface area contributed by atoms with E-state index < -0.39 is 29.8 Å². The highest BCUT2D eigenvalue weighted by Gasteiger charge is 2.44. The van der Waals surface area contributed by atoms with Crippen molar-refractivity contribution >= 4 is 17.1 Å². The van der Waals surface area contributed by atoms with E-state index in [-0.39, 0.29) is 11.0 Å². The smallest absolute Gasteiger partial charge is 0.421 e. The second-order valence-electron chi connectivity index (χ2n) is 5.72. The van der Waals surface area contributed by atoms with Crippen molar-refractivity contribution in [1.29, 1.82) is 0 Å². The predicted molar refractivity (Wildman–Crippen MR) is 72.4 cm³/mol. The maximum atomic E-state index is 12.8. The summed E-state index contributed by atoms with van der Waals surface area (Å²) in [5.74, 6) is -0.817. The SMILES string of the molecule is CC(C)(C)OC(=O)n1c(C(O)C(F)(F)F)nc2ccccc21. The molecule has 0 aliphatic carbocycles. The summed E-state index contributed by atoms with van der Waals surface area (Å²) < 4.78 is 44.1. The lowest BCUT2D eigenvalue weighted by Crippen LogP contribution is -2.31. The van der Waals surface area contributed by atoms with Gasteiger partial charge in [0.25, 0.3) is 0 Å². The highest BCUT2D eigenvalue weighted by Crippen LogP contribution is 2.34. The van der Waals surface area contributed by atoms with Gasteiger partial charge in [0.15, 0.2) is 5.82 Å². The van der Waals surface area contributed by atoms with Crippen molar-refractivity contribution in [1.82, 2.24) is 9.55 Å². The molecule has 1 N–H and O–H groups in total. The molecule has 0 aliphatic heterocycles. The van der Waals surface area contributed by atoms with Crippen LogP contribution in [-0.2, 0) is 4.74 Å². The van der Waals surface area contributed by atoms with Gasteiger partial charge in [-0.2, -0.15) is 13.2 Å². The fraction of sp³-hybridized carbons (Fsp3) is 0.429. The summed E-state index contributed by atoms with van der Waals surface area (Å²) in [6, 6.07) is 5.99. The zero-order valence-corrected chi connectivity index (χ0v) is 12.2. The molecule has 2 aromatic rings. The van der Waals surface area contributed by atoms with Gasteiger partial charge >= 0.3 is 12.3 Å². The van der Waals surface area contributed by atoms with E-state index in [9.17, 15) is 23.1 Å². The van der Waals surface area contributed by atoms with E-state index in [0.29, 0.717) is 4.57 Å². The van der Waals surface area contributed by atoms with Gasteiger partial charge in [0, 0.05) is 0 Å². The van der Waals surface area contributed by atoms with Crippen molar-refractivity contribution in [2.75, 3.05) is 0 Å². The van der Waals surface area contributed by atoms with Crippen molar-refractivity contribution in [3.05, 3.63) is 30.1 Å². The quantitative estimate of drug-likeness (QED) is 0.875. The average Bonchev–Trinajstić information content (AvgIpc) is 2.73. The van der Waals surface area contributed by atoms with Crippen LogP contribution in [0.1, 0.15) is 32.7 Å². The number of aliphatic hydroxyl groups excluding tert-OH is 1. The van der Waals surface area contributed by atoms with Crippen molar-refractivity contribution in [3.63, 3.8) is 0 Å². The van der Waals surface area contributed by atoms with Crippen LogP contribution in [0.3, 0.4) is 0 Å². The topological polar surface area (TPSA) is 64.3 Å². The fourth-order valence-electron chi connectivity index (χ4n) is 1.87. The molecule has 1 heterocycles. The van der Waals surface area contributed by atoms with Crippen LogP contribution in [0.15, 0.2) is 24.3 Å². The molecule has 120 valence electrons. The summed E-state index contributed by atoms with van der Waals surface area (Å²) in [6.07, 6.45) is -8.85. The number of alkyl halides is 3. The van der Waals surface area contributed by atoms with Crippen LogP contribution in [-0.4, -0.2) is 32.5 Å². The van der Waals surface area contributed by atoms with Gasteiger partial charge in [0.05, 0.1) is 11.0 Å². The average molecular weight is 316 g/mol. The maximum Gasteiger partial charge on any atom is 0.421 e. The molecule has 1 aromatic carbocycles. The Kier molecular flexibility index (Phi) is 3.90. The van der Waals surface area contributed by atoms with Crippen LogP contribution in [0.25, 0.3) is 11.0 Å². The molecule has 0 bridgehead atoms. The number of benzene rings is 1. The van der Waals surface area contributed by atoms with E-state index in [1.165, 1.54) is 12.1 Å². The fourth-order valence-corrected chi connectivity index (χ4v) is 1.87. The lowest BCUT2D eigenvalue weighted by molar-refractivity contribution is -0.209. The van der Waals surface area contributed by atoms with Crippen molar-refractivity contribution < 1.29 is 27.8 Å². The summed E-state index contributed by atoms with van der Waals surface area (Å²) in [6.45, 7) is 4.76. The highest BCUT2D eigenvalue weighted by molar-refractivity contribution is 5.87. The number of carbonyl (C=O) groups is 1. The van der Waals surface area contributed by atoms with Crippen molar-refractivity contribution in [2.45, 2.75) is 38.7 Å². The minimum absolute atomic E-state index is 0.134. The zero-order chi connectivity index (χ0) is 16.7. The molecule has 0 aliphatic rings. The Balaban J connectivity index is 2.61. The zero-order valence-electron chi connectivity index (χ0n) is 12.2. The molecule has 1 unspecified atom stereocenters. The Morgan fingerprint density at radius 3 is 2.41 bits per heavy atom. The number of fused-ring (bicyclic) bond motifs is 1. The number of aromatic nitrogens is 2. The summed E-state index contributed by atoms with van der Waals surface area (Å²) in [5, 5.41) is 9.47. The molecule has 0 saturated carbocycles. The van der Waals surface area contributed by atoms with E-state index in [0.717, 1.165) is 0 Å². The molecular formula is C14H15F3N2O3. The van der Waals surface area contributed by atoms with Gasteiger partial charge in [-0.3, -0.25) is 0 Å². The van der Waals surface area contributed by atoms with E-state index in [4.69, 9.17) is 4.74 Å². The third-order valence-electron chi connectivity index (χ3n) is 2.72. The Hall–Kier alpha value is -2.09. The number of nitrogens with zero attached hydrogens (tertiary/aromatic N) is 2. The minimum Gasteiger partial charge on any atom is -0.443 e. The Labute approximate surface area is 124 Å². The van der Waals surface area contributed by atoms with E-state index in [2.05, 4.69) is 4.98 Å². The highest BCUT2D eigenvalue weighted by atomic mass is 19.4. The third-order valence-corrected chi connectivity index (χ3v) is 2.72. The first kappa shape index (κ1) is 16.3. The minimum atomic E-state index is -4.94. The van der Waals surface area contributed by atoms with Crippen molar-refractivity contribution in [3.8, 4) is 0 Å². The normalized spacial score (nSPS) is 14.1. The largest absolute Gasteiger partial charge is 0.443 e. The van der Waals surface area contributed by atoms with Crippen LogP contribution in [0.4, 0.5) is 18.0 Å². The number of carbonyl (C=O) groups excluding carboxylic acids is 1. The molecular weight excluding hydrogens is 301 g/mol. The molecule has 2 rings (SSSR count). The molecule has 0 fully saturated rings. The Bertz CT molecular complexity index is 701. The Morgan fingerprint density at radius 2 is 1.86 bits per heavy atom. The van der Waals surface area contributed by atoms with E-state index >= 15 is 0 Å². The molecule has 0 radical (unpaired) electrons. The van der Waals surface area contributed by atoms with Gasteiger partial charge < -0.3 is 9.84 Å². The van der Waals surface area contributed by atoms with Crippen LogP contribution in [0, 0.1) is 0 Å². The number of hydrogen-bond acceptors (Lipinski definition) is 4. The second-order valence-corrected chi connectivity index (χ2v) is 5.72. The van der Waals surface area contributed by atoms with Crippen molar-refractivity contribution in [2.24, 2.45) is 0 Å². The summed E-state index contributed by atoms with van der Waals surface area (Å²) >= 11 is 0.